The molecule has 0 radical (unpaired) electrons. The quantitative estimate of drug-likeness (QED) is 0.149. The Labute approximate surface area is 358 Å². The monoisotopic (exact) mass is 845 g/mol. The lowest BCUT2D eigenvalue weighted by Gasteiger charge is -2.35. The maximum Gasteiger partial charge on any atom is 0.252 e. The second-order valence-electron chi connectivity index (χ2n) is 17.0. The zero-order chi connectivity index (χ0) is 42.6. The SMILES string of the molecule is Cc1sc2c(c1C)C(c1ccc(Cl)cc1)=N[C@@H](CC(=O)Nc1ccc3c(c1)CCc1ccc(C(=O)N[C@H](C(=O)N4C[C@H](O)C[C@H]4C)C(C)(C)C)cc1/N=N\3)c1nnc(C)n1-2. The van der Waals surface area contributed by atoms with Crippen molar-refractivity contribution in [3.05, 3.63) is 116 Å². The van der Waals surface area contributed by atoms with Gasteiger partial charge in [-0.2, -0.15) is 10.2 Å². The number of benzene rings is 3. The summed E-state index contributed by atoms with van der Waals surface area (Å²) in [5.74, 6) is 0.505. The molecule has 1 fully saturated rings. The summed E-state index contributed by atoms with van der Waals surface area (Å²) in [5.41, 5.74) is 7.30. The number of aliphatic imine (C=N–C) groups is 1. The van der Waals surface area contributed by atoms with Crippen LogP contribution in [0, 0.1) is 26.2 Å². The molecule has 3 amide bonds. The molecule has 3 aliphatic heterocycles. The van der Waals surface area contributed by atoms with Crippen LogP contribution >= 0.6 is 22.9 Å². The third-order valence-corrected chi connectivity index (χ3v) is 13.0. The first-order chi connectivity index (χ1) is 28.5. The number of likely N-dealkylation sites (tertiary alicyclic amines) is 1. The molecular formula is C45H48ClN9O4S. The minimum Gasteiger partial charge on any atom is -0.391 e. The Kier molecular flexibility index (Phi) is 11.1. The fraction of sp³-hybridized carbons (Fsp3) is 0.378. The Hall–Kier alpha value is -5.57. The molecule has 1 saturated heterocycles. The van der Waals surface area contributed by atoms with Crippen LogP contribution in [0.1, 0.15) is 101 Å². The smallest absolute Gasteiger partial charge is 0.252 e. The summed E-state index contributed by atoms with van der Waals surface area (Å²) in [6.45, 7) is 14.0. The van der Waals surface area contributed by atoms with E-state index in [1.54, 1.807) is 34.4 Å². The summed E-state index contributed by atoms with van der Waals surface area (Å²) in [4.78, 5) is 49.2. The summed E-state index contributed by atoms with van der Waals surface area (Å²) < 4.78 is 2.03. The Morgan fingerprint density at radius 1 is 0.950 bits per heavy atom. The number of aliphatic hydroxyl groups is 1. The highest BCUT2D eigenvalue weighted by Crippen LogP contribution is 2.40. The highest BCUT2D eigenvalue weighted by Gasteiger charge is 2.41. The van der Waals surface area contributed by atoms with Crippen LogP contribution in [0.15, 0.2) is 75.9 Å². The molecule has 5 aromatic rings. The molecule has 0 saturated carbocycles. The van der Waals surface area contributed by atoms with Gasteiger partial charge in [-0.25, -0.2) is 0 Å². The van der Waals surface area contributed by atoms with Crippen molar-refractivity contribution >= 4 is 63.4 Å². The van der Waals surface area contributed by atoms with E-state index in [0.29, 0.717) is 52.7 Å². The number of nitrogens with one attached hydrogen (secondary N) is 2. The van der Waals surface area contributed by atoms with Gasteiger partial charge < -0.3 is 20.6 Å². The van der Waals surface area contributed by atoms with Crippen molar-refractivity contribution in [3.63, 3.8) is 0 Å². The van der Waals surface area contributed by atoms with Gasteiger partial charge in [0.25, 0.3) is 5.91 Å². The van der Waals surface area contributed by atoms with Crippen molar-refractivity contribution in [1.82, 2.24) is 25.0 Å². The standard InChI is InChI=1S/C45H48ClN9O4S/c1-23-18-33(56)22-54(23)43(59)40(45(5,6)7)49-42(58)30-11-9-27-8-10-29-19-32(16-17-34(29)51-52-35(27)20-30)47-37(57)21-36-41-53-50-26(4)55(41)44-38(24(2)25(3)60-44)39(48-36)28-12-14-31(46)15-13-28/h9,11-17,19-20,23,33,36,40,56H,8,10,18,21-22H2,1-7H3,(H,47,57)(H,49,58)/b52-51-/t23-,33-,36+,40-/m1/s1. The van der Waals surface area contributed by atoms with Crippen molar-refractivity contribution < 1.29 is 19.5 Å². The predicted octanol–water partition coefficient (Wildman–Crippen LogP) is 8.47. The number of azo groups is 1. The molecule has 13 nitrogen and oxygen atoms in total. The highest BCUT2D eigenvalue weighted by atomic mass is 35.5. The molecule has 3 aliphatic rings. The van der Waals surface area contributed by atoms with Gasteiger partial charge in [-0.15, -0.1) is 21.5 Å². The van der Waals surface area contributed by atoms with Crippen molar-refractivity contribution in [2.75, 3.05) is 11.9 Å². The van der Waals surface area contributed by atoms with Crippen LogP contribution in [0.2, 0.25) is 5.02 Å². The van der Waals surface area contributed by atoms with E-state index in [-0.39, 0.29) is 36.7 Å². The number of hydrogen-bond donors (Lipinski definition) is 3. The van der Waals surface area contributed by atoms with Gasteiger partial charge in [0.05, 0.1) is 29.6 Å². The van der Waals surface area contributed by atoms with Crippen molar-refractivity contribution in [3.8, 4) is 5.00 Å². The van der Waals surface area contributed by atoms with Crippen LogP contribution in [0.25, 0.3) is 5.00 Å². The first kappa shape index (κ1) is 41.2. The summed E-state index contributed by atoms with van der Waals surface area (Å²) >= 11 is 7.93. The van der Waals surface area contributed by atoms with Gasteiger partial charge >= 0.3 is 0 Å². The Morgan fingerprint density at radius 2 is 1.68 bits per heavy atom. The molecule has 8 rings (SSSR count). The molecule has 0 spiro atoms. The number of amides is 3. The number of aliphatic hydroxyl groups excluding tert-OH is 1. The number of nitrogens with zero attached hydrogens (tertiary/aromatic N) is 7. The number of β-amino-alcohol motifs (C(OH)–C–C–N with tert-alkyl or cyclic N) is 1. The van der Waals surface area contributed by atoms with Gasteiger partial charge in [0.2, 0.25) is 11.8 Å². The van der Waals surface area contributed by atoms with E-state index >= 15 is 0 Å². The fourth-order valence-corrected chi connectivity index (χ4v) is 9.55. The van der Waals surface area contributed by atoms with Crippen LogP contribution in [0.3, 0.4) is 0 Å². The third-order valence-electron chi connectivity index (χ3n) is 11.6. The molecule has 15 heteroatoms. The highest BCUT2D eigenvalue weighted by molar-refractivity contribution is 7.15. The van der Waals surface area contributed by atoms with Crippen LogP contribution in [-0.4, -0.2) is 72.9 Å². The lowest BCUT2D eigenvalue weighted by atomic mass is 9.85. The minimum atomic E-state index is -0.790. The zero-order valence-corrected chi connectivity index (χ0v) is 36.3. The number of aryl methyl sites for hydroxylation is 4. The van der Waals surface area contributed by atoms with Crippen LogP contribution in [0.5, 0.6) is 0 Å². The van der Waals surface area contributed by atoms with Gasteiger partial charge in [-0.05, 0) is 112 Å². The lowest BCUT2D eigenvalue weighted by molar-refractivity contribution is -0.136. The third kappa shape index (κ3) is 8.03. The molecule has 0 unspecified atom stereocenters. The minimum absolute atomic E-state index is 0.0352. The molecule has 2 aromatic heterocycles. The Bertz CT molecular complexity index is 2590. The molecule has 3 aromatic carbocycles. The van der Waals surface area contributed by atoms with Crippen LogP contribution in [-0.2, 0) is 22.4 Å². The largest absolute Gasteiger partial charge is 0.391 e. The summed E-state index contributed by atoms with van der Waals surface area (Å²) in [6.07, 6.45) is 1.22. The van der Waals surface area contributed by atoms with E-state index in [2.05, 4.69) is 44.9 Å². The van der Waals surface area contributed by atoms with Gasteiger partial charge in [0, 0.05) is 44.9 Å². The summed E-state index contributed by atoms with van der Waals surface area (Å²) in [5, 5.41) is 35.9. The maximum absolute atomic E-state index is 13.9. The molecule has 60 heavy (non-hydrogen) atoms. The number of hydrogen-bond acceptors (Lipinski definition) is 10. The Morgan fingerprint density at radius 3 is 2.40 bits per heavy atom. The van der Waals surface area contributed by atoms with E-state index in [4.69, 9.17) is 16.6 Å². The average Bonchev–Trinajstić information content (AvgIpc) is 3.81. The number of rotatable bonds is 7. The van der Waals surface area contributed by atoms with Crippen molar-refractivity contribution in [2.45, 2.75) is 98.4 Å². The topological polar surface area (TPSA) is 167 Å². The number of carbonyl (C=O) groups excluding carboxylic acids is 3. The summed E-state index contributed by atoms with van der Waals surface area (Å²) in [7, 11) is 0. The van der Waals surface area contributed by atoms with Crippen LogP contribution in [0.4, 0.5) is 17.1 Å². The molecule has 4 atom stereocenters. The lowest BCUT2D eigenvalue weighted by Crippen LogP contribution is -2.55. The summed E-state index contributed by atoms with van der Waals surface area (Å²) in [6, 6.07) is 17.0. The van der Waals surface area contributed by atoms with E-state index in [9.17, 15) is 19.5 Å². The van der Waals surface area contributed by atoms with E-state index in [0.717, 1.165) is 44.4 Å². The van der Waals surface area contributed by atoms with Gasteiger partial charge in [-0.3, -0.25) is 23.9 Å². The van der Waals surface area contributed by atoms with Gasteiger partial charge in [-0.1, -0.05) is 50.6 Å². The molecular weight excluding hydrogens is 798 g/mol. The first-order valence-electron chi connectivity index (χ1n) is 20.2. The molecule has 3 N–H and O–H groups in total. The number of carbonyl (C=O) groups is 3. The molecule has 0 aliphatic carbocycles. The predicted molar refractivity (Wildman–Crippen MR) is 234 cm³/mol. The fourth-order valence-electron chi connectivity index (χ4n) is 8.21. The van der Waals surface area contributed by atoms with E-state index < -0.39 is 23.6 Å². The van der Waals surface area contributed by atoms with Crippen molar-refractivity contribution in [2.24, 2.45) is 20.6 Å². The molecule has 310 valence electrons. The second-order valence-corrected chi connectivity index (χ2v) is 18.7. The maximum atomic E-state index is 13.9. The second kappa shape index (κ2) is 16.1. The number of anilines is 1. The van der Waals surface area contributed by atoms with Gasteiger partial charge in [0.15, 0.2) is 5.82 Å². The van der Waals surface area contributed by atoms with Crippen LogP contribution < -0.4 is 10.6 Å². The molecule has 0 bridgehead atoms. The van der Waals surface area contributed by atoms with E-state index in [1.165, 1.54) is 4.88 Å². The first-order valence-corrected chi connectivity index (χ1v) is 21.4. The number of halogens is 1. The number of fused-ring (bicyclic) bond motifs is 5. The normalized spacial score (nSPS) is 19.4. The number of aromatic nitrogens is 3. The van der Waals surface area contributed by atoms with Gasteiger partial charge in [0.1, 0.15) is 22.9 Å². The zero-order valence-electron chi connectivity index (χ0n) is 34.7. The van der Waals surface area contributed by atoms with E-state index in [1.807, 2.05) is 81.7 Å². The van der Waals surface area contributed by atoms with Crippen molar-refractivity contribution in [1.29, 1.82) is 0 Å². The number of thiophene rings is 1. The molecule has 5 heterocycles. The average molecular weight is 846 g/mol. The Balaban J connectivity index is 0.996.